The molecule has 10 heavy (non-hydrogen) atoms. The van der Waals surface area contributed by atoms with Crippen LogP contribution in [-0.2, 0) is 0 Å². The van der Waals surface area contributed by atoms with Gasteiger partial charge in [0, 0.05) is 12.2 Å². The molecule has 1 aromatic heterocycles. The van der Waals surface area contributed by atoms with Gasteiger partial charge in [0.2, 0.25) is 0 Å². The minimum absolute atomic E-state index is 0.506. The maximum absolute atomic E-state index is 4.16. The van der Waals surface area contributed by atoms with Crippen molar-refractivity contribution in [2.75, 3.05) is 0 Å². The number of hydrogen-bond donors (Lipinski definition) is 0. The molecule has 3 heteroatoms. The highest BCUT2D eigenvalue weighted by atomic mass is 79.9. The summed E-state index contributed by atoms with van der Waals surface area (Å²) in [5.41, 5.74) is 0. The van der Waals surface area contributed by atoms with Gasteiger partial charge in [-0.3, -0.25) is 4.68 Å². The molecule has 0 unspecified atom stereocenters. The van der Waals surface area contributed by atoms with Crippen molar-refractivity contribution in [1.29, 1.82) is 0 Å². The van der Waals surface area contributed by atoms with E-state index in [2.05, 4.69) is 34.9 Å². The minimum atomic E-state index is 0.506. The third kappa shape index (κ3) is 1.59. The number of aromatic nitrogens is 2. The van der Waals surface area contributed by atoms with Gasteiger partial charge in [-0.15, -0.1) is 0 Å². The summed E-state index contributed by atoms with van der Waals surface area (Å²) in [5, 5.41) is 4.16. The lowest BCUT2D eigenvalue weighted by Gasteiger charge is -2.07. The standard InChI is InChI=1S/C7H11BrN2/c1-3-6(2)10-5-7(8)4-9-10/h4-6H,3H2,1-2H3/t6-/m1/s1. The Morgan fingerprint density at radius 1 is 1.80 bits per heavy atom. The maximum Gasteiger partial charge on any atom is 0.0632 e. The Kier molecular flexibility index (Phi) is 2.49. The Labute approximate surface area is 69.4 Å². The van der Waals surface area contributed by atoms with Gasteiger partial charge in [-0.05, 0) is 29.3 Å². The summed E-state index contributed by atoms with van der Waals surface area (Å²) in [6, 6.07) is 0.506. The Balaban J connectivity index is 2.74. The summed E-state index contributed by atoms with van der Waals surface area (Å²) in [7, 11) is 0. The Hall–Kier alpha value is -0.310. The van der Waals surface area contributed by atoms with Crippen molar-refractivity contribution in [3.8, 4) is 0 Å². The molecule has 0 aromatic carbocycles. The Morgan fingerprint density at radius 2 is 2.50 bits per heavy atom. The van der Waals surface area contributed by atoms with E-state index in [0.29, 0.717) is 6.04 Å². The first-order valence-corrected chi connectivity index (χ1v) is 4.23. The fraction of sp³-hybridized carbons (Fsp3) is 0.571. The molecule has 0 bridgehead atoms. The van der Waals surface area contributed by atoms with Gasteiger partial charge in [-0.25, -0.2) is 0 Å². The second-order valence-electron chi connectivity index (χ2n) is 2.40. The van der Waals surface area contributed by atoms with Crippen molar-refractivity contribution in [3.63, 3.8) is 0 Å². The highest BCUT2D eigenvalue weighted by Crippen LogP contribution is 2.13. The van der Waals surface area contributed by atoms with E-state index in [1.54, 1.807) is 0 Å². The van der Waals surface area contributed by atoms with Gasteiger partial charge in [0.1, 0.15) is 0 Å². The molecule has 0 spiro atoms. The molecule has 0 aliphatic carbocycles. The van der Waals surface area contributed by atoms with Crippen LogP contribution in [0.1, 0.15) is 26.3 Å². The average Bonchev–Trinajstić information content (AvgIpc) is 2.34. The maximum atomic E-state index is 4.16. The molecular formula is C7H11BrN2. The van der Waals surface area contributed by atoms with E-state index in [4.69, 9.17) is 0 Å². The van der Waals surface area contributed by atoms with Gasteiger partial charge < -0.3 is 0 Å². The number of nitrogens with zero attached hydrogens (tertiary/aromatic N) is 2. The van der Waals surface area contributed by atoms with E-state index >= 15 is 0 Å². The van der Waals surface area contributed by atoms with Gasteiger partial charge in [0.15, 0.2) is 0 Å². The number of rotatable bonds is 2. The normalized spacial score (nSPS) is 13.5. The zero-order valence-corrected chi connectivity index (χ0v) is 7.80. The molecular weight excluding hydrogens is 192 g/mol. The molecule has 0 aliphatic rings. The van der Waals surface area contributed by atoms with Crippen LogP contribution < -0.4 is 0 Å². The van der Waals surface area contributed by atoms with Gasteiger partial charge in [-0.2, -0.15) is 5.10 Å². The highest BCUT2D eigenvalue weighted by Gasteiger charge is 2.01. The van der Waals surface area contributed by atoms with Gasteiger partial charge >= 0.3 is 0 Å². The lowest BCUT2D eigenvalue weighted by atomic mass is 10.3. The van der Waals surface area contributed by atoms with E-state index in [0.717, 1.165) is 10.9 Å². The third-order valence-electron chi connectivity index (χ3n) is 1.61. The first-order chi connectivity index (χ1) is 4.74. The largest absolute Gasteiger partial charge is 0.269 e. The average molecular weight is 203 g/mol. The summed E-state index contributed by atoms with van der Waals surface area (Å²) in [5.74, 6) is 0. The first-order valence-electron chi connectivity index (χ1n) is 3.43. The zero-order valence-electron chi connectivity index (χ0n) is 6.21. The van der Waals surface area contributed by atoms with Crippen LogP contribution in [0.5, 0.6) is 0 Å². The smallest absolute Gasteiger partial charge is 0.0632 e. The molecule has 0 amide bonds. The van der Waals surface area contributed by atoms with Crippen LogP contribution in [0.15, 0.2) is 16.9 Å². The highest BCUT2D eigenvalue weighted by molar-refractivity contribution is 9.10. The molecule has 0 saturated heterocycles. The third-order valence-corrected chi connectivity index (χ3v) is 2.02. The molecule has 0 saturated carbocycles. The summed E-state index contributed by atoms with van der Waals surface area (Å²) in [6.45, 7) is 4.31. The number of halogens is 1. The minimum Gasteiger partial charge on any atom is -0.269 e. The van der Waals surface area contributed by atoms with E-state index in [1.807, 2.05) is 17.1 Å². The van der Waals surface area contributed by atoms with Crippen LogP contribution in [0.25, 0.3) is 0 Å². The van der Waals surface area contributed by atoms with Crippen LogP contribution in [0, 0.1) is 0 Å². The van der Waals surface area contributed by atoms with Crippen LogP contribution in [0.3, 0.4) is 0 Å². The fourth-order valence-corrected chi connectivity index (χ4v) is 1.04. The molecule has 2 nitrogen and oxygen atoms in total. The van der Waals surface area contributed by atoms with Gasteiger partial charge in [0.05, 0.1) is 10.7 Å². The lowest BCUT2D eigenvalue weighted by Crippen LogP contribution is -2.03. The molecule has 0 radical (unpaired) electrons. The molecule has 1 heterocycles. The first kappa shape index (κ1) is 7.79. The van der Waals surface area contributed by atoms with E-state index in [9.17, 15) is 0 Å². The topological polar surface area (TPSA) is 17.8 Å². The molecule has 56 valence electrons. The molecule has 0 fully saturated rings. The van der Waals surface area contributed by atoms with E-state index < -0.39 is 0 Å². The molecule has 0 N–H and O–H groups in total. The molecule has 0 aliphatic heterocycles. The van der Waals surface area contributed by atoms with E-state index in [-0.39, 0.29) is 0 Å². The van der Waals surface area contributed by atoms with Gasteiger partial charge in [-0.1, -0.05) is 6.92 Å². The predicted molar refractivity (Wildman–Crippen MR) is 44.9 cm³/mol. The fourth-order valence-electron chi connectivity index (χ4n) is 0.743. The van der Waals surface area contributed by atoms with Crippen molar-refractivity contribution >= 4 is 15.9 Å². The quantitative estimate of drug-likeness (QED) is 0.722. The summed E-state index contributed by atoms with van der Waals surface area (Å²) in [4.78, 5) is 0. The predicted octanol–water partition coefficient (Wildman–Crippen LogP) is 2.62. The Morgan fingerprint density at radius 3 is 2.90 bits per heavy atom. The lowest BCUT2D eigenvalue weighted by molar-refractivity contribution is 0.478. The monoisotopic (exact) mass is 202 g/mol. The molecule has 1 aromatic rings. The Bertz CT molecular complexity index is 207. The van der Waals surface area contributed by atoms with Crippen LogP contribution in [0.2, 0.25) is 0 Å². The van der Waals surface area contributed by atoms with Gasteiger partial charge in [0.25, 0.3) is 0 Å². The second-order valence-corrected chi connectivity index (χ2v) is 3.31. The molecule has 1 atom stereocenters. The van der Waals surface area contributed by atoms with Crippen LogP contribution in [-0.4, -0.2) is 9.78 Å². The van der Waals surface area contributed by atoms with Crippen molar-refractivity contribution in [3.05, 3.63) is 16.9 Å². The summed E-state index contributed by atoms with van der Waals surface area (Å²) >= 11 is 3.35. The van der Waals surface area contributed by atoms with Crippen LogP contribution >= 0.6 is 15.9 Å². The van der Waals surface area contributed by atoms with Crippen molar-refractivity contribution < 1.29 is 0 Å². The van der Waals surface area contributed by atoms with Crippen molar-refractivity contribution in [2.24, 2.45) is 0 Å². The van der Waals surface area contributed by atoms with E-state index in [1.165, 1.54) is 0 Å². The van der Waals surface area contributed by atoms with Crippen molar-refractivity contribution in [1.82, 2.24) is 9.78 Å². The van der Waals surface area contributed by atoms with Crippen molar-refractivity contribution in [2.45, 2.75) is 26.3 Å². The second kappa shape index (κ2) is 3.19. The molecule has 1 rings (SSSR count). The number of hydrogen-bond acceptors (Lipinski definition) is 1. The summed E-state index contributed by atoms with van der Waals surface area (Å²) in [6.07, 6.45) is 4.93. The summed E-state index contributed by atoms with van der Waals surface area (Å²) < 4.78 is 3.01. The zero-order chi connectivity index (χ0) is 7.56. The van der Waals surface area contributed by atoms with Crippen LogP contribution in [0.4, 0.5) is 0 Å². The SMILES string of the molecule is CC[C@@H](C)n1cc(Br)cn1.